The standard InChI is InChI=1S/C14H12F2N2O2/c15-12-4-11(5-13(16)7-12)9-17-8-10-2-1-3-14(6-10)18(19)20/h1-7,17H,8-9H2. The molecule has 0 saturated carbocycles. The first-order valence-electron chi connectivity index (χ1n) is 5.93. The third-order valence-electron chi connectivity index (χ3n) is 2.70. The molecule has 0 radical (unpaired) electrons. The summed E-state index contributed by atoms with van der Waals surface area (Å²) in [7, 11) is 0. The van der Waals surface area contributed by atoms with Crippen molar-refractivity contribution in [3.8, 4) is 0 Å². The van der Waals surface area contributed by atoms with Gasteiger partial charge in [0, 0.05) is 31.3 Å². The van der Waals surface area contributed by atoms with Crippen LogP contribution in [-0.2, 0) is 13.1 Å². The number of halogens is 2. The van der Waals surface area contributed by atoms with Crippen LogP contribution < -0.4 is 5.32 Å². The number of nitro benzene ring substituents is 1. The maximum atomic E-state index is 13.0. The zero-order valence-electron chi connectivity index (χ0n) is 10.5. The first-order chi connectivity index (χ1) is 9.54. The lowest BCUT2D eigenvalue weighted by Gasteiger charge is -2.05. The van der Waals surface area contributed by atoms with Gasteiger partial charge in [-0.1, -0.05) is 12.1 Å². The van der Waals surface area contributed by atoms with Gasteiger partial charge in [-0.3, -0.25) is 10.1 Å². The Hall–Kier alpha value is -2.34. The van der Waals surface area contributed by atoms with Gasteiger partial charge >= 0.3 is 0 Å². The van der Waals surface area contributed by atoms with Crippen LogP contribution in [0.25, 0.3) is 0 Å². The molecule has 4 nitrogen and oxygen atoms in total. The van der Waals surface area contributed by atoms with Crippen LogP contribution in [0, 0.1) is 21.7 Å². The van der Waals surface area contributed by atoms with E-state index in [0.29, 0.717) is 12.1 Å². The highest BCUT2D eigenvalue weighted by Gasteiger charge is 2.05. The summed E-state index contributed by atoms with van der Waals surface area (Å²) in [4.78, 5) is 10.2. The minimum Gasteiger partial charge on any atom is -0.309 e. The maximum absolute atomic E-state index is 13.0. The summed E-state index contributed by atoms with van der Waals surface area (Å²) >= 11 is 0. The molecule has 0 fully saturated rings. The molecule has 104 valence electrons. The largest absolute Gasteiger partial charge is 0.309 e. The summed E-state index contributed by atoms with van der Waals surface area (Å²) in [6.07, 6.45) is 0. The van der Waals surface area contributed by atoms with Crippen molar-refractivity contribution < 1.29 is 13.7 Å². The maximum Gasteiger partial charge on any atom is 0.269 e. The average molecular weight is 278 g/mol. The van der Waals surface area contributed by atoms with Gasteiger partial charge < -0.3 is 5.32 Å². The second kappa shape index (κ2) is 6.21. The van der Waals surface area contributed by atoms with Crippen molar-refractivity contribution in [3.63, 3.8) is 0 Å². The van der Waals surface area contributed by atoms with Crippen LogP contribution in [0.2, 0.25) is 0 Å². The van der Waals surface area contributed by atoms with Gasteiger partial charge in [0.15, 0.2) is 0 Å². The molecular weight excluding hydrogens is 266 g/mol. The van der Waals surface area contributed by atoms with Crippen LogP contribution in [-0.4, -0.2) is 4.92 Å². The Labute approximate surface area is 114 Å². The number of nitro groups is 1. The van der Waals surface area contributed by atoms with Gasteiger partial charge in [0.25, 0.3) is 5.69 Å². The summed E-state index contributed by atoms with van der Waals surface area (Å²) < 4.78 is 26.0. The molecule has 6 heteroatoms. The highest BCUT2D eigenvalue weighted by Crippen LogP contribution is 2.13. The number of nitrogens with zero attached hydrogens (tertiary/aromatic N) is 1. The molecule has 0 aliphatic heterocycles. The topological polar surface area (TPSA) is 55.2 Å². The lowest BCUT2D eigenvalue weighted by molar-refractivity contribution is -0.384. The Balaban J connectivity index is 1.95. The zero-order valence-corrected chi connectivity index (χ0v) is 10.5. The minimum atomic E-state index is -0.628. The lowest BCUT2D eigenvalue weighted by Crippen LogP contribution is -2.13. The molecule has 0 unspecified atom stereocenters. The molecule has 20 heavy (non-hydrogen) atoms. The summed E-state index contributed by atoms with van der Waals surface area (Å²) in [5, 5.41) is 13.6. The van der Waals surface area contributed by atoms with Gasteiger partial charge in [-0.15, -0.1) is 0 Å². The molecule has 2 aromatic rings. The van der Waals surface area contributed by atoms with Crippen molar-refractivity contribution in [3.05, 3.63) is 75.3 Å². The van der Waals surface area contributed by atoms with Crippen LogP contribution in [0.1, 0.15) is 11.1 Å². The van der Waals surface area contributed by atoms with Crippen LogP contribution in [0.3, 0.4) is 0 Å². The third-order valence-corrected chi connectivity index (χ3v) is 2.70. The molecule has 2 rings (SSSR count). The first kappa shape index (κ1) is 14.1. The van der Waals surface area contributed by atoms with Gasteiger partial charge in [0.05, 0.1) is 4.92 Å². The second-order valence-corrected chi connectivity index (χ2v) is 4.31. The predicted molar refractivity (Wildman–Crippen MR) is 70.0 cm³/mol. The fourth-order valence-electron chi connectivity index (χ4n) is 1.84. The van der Waals surface area contributed by atoms with Gasteiger partial charge in [0.1, 0.15) is 11.6 Å². The fraction of sp³-hybridized carbons (Fsp3) is 0.143. The Kier molecular flexibility index (Phi) is 4.37. The van der Waals surface area contributed by atoms with Gasteiger partial charge in [-0.2, -0.15) is 0 Å². The van der Waals surface area contributed by atoms with E-state index in [1.54, 1.807) is 12.1 Å². The van der Waals surface area contributed by atoms with E-state index in [2.05, 4.69) is 5.32 Å². The van der Waals surface area contributed by atoms with E-state index in [0.717, 1.165) is 11.6 Å². The molecular formula is C14H12F2N2O2. The number of rotatable bonds is 5. The van der Waals surface area contributed by atoms with E-state index >= 15 is 0 Å². The van der Waals surface area contributed by atoms with Crippen molar-refractivity contribution in [2.45, 2.75) is 13.1 Å². The first-order valence-corrected chi connectivity index (χ1v) is 5.93. The minimum absolute atomic E-state index is 0.0149. The van der Waals surface area contributed by atoms with Crippen LogP contribution in [0.4, 0.5) is 14.5 Å². The van der Waals surface area contributed by atoms with Crippen LogP contribution >= 0.6 is 0 Å². The Bertz CT molecular complexity index is 612. The second-order valence-electron chi connectivity index (χ2n) is 4.31. The molecule has 0 amide bonds. The number of nitrogens with one attached hydrogen (secondary N) is 1. The highest BCUT2D eigenvalue weighted by molar-refractivity contribution is 5.34. The summed E-state index contributed by atoms with van der Waals surface area (Å²) in [5.74, 6) is -1.26. The van der Waals surface area contributed by atoms with E-state index in [-0.39, 0.29) is 12.2 Å². The number of non-ortho nitro benzene ring substituents is 1. The molecule has 0 bridgehead atoms. The number of hydrogen-bond donors (Lipinski definition) is 1. The monoisotopic (exact) mass is 278 g/mol. The number of hydrogen-bond acceptors (Lipinski definition) is 3. The summed E-state index contributed by atoms with van der Waals surface area (Å²) in [5.41, 5.74) is 1.23. The fourth-order valence-corrected chi connectivity index (χ4v) is 1.84. The molecule has 0 aliphatic rings. The highest BCUT2D eigenvalue weighted by atomic mass is 19.1. The van der Waals surface area contributed by atoms with Crippen LogP contribution in [0.15, 0.2) is 42.5 Å². The molecule has 2 aromatic carbocycles. The third kappa shape index (κ3) is 3.83. The lowest BCUT2D eigenvalue weighted by atomic mass is 10.2. The van der Waals surface area contributed by atoms with Crippen molar-refractivity contribution in [1.29, 1.82) is 0 Å². The van der Waals surface area contributed by atoms with E-state index in [4.69, 9.17) is 0 Å². The van der Waals surface area contributed by atoms with Gasteiger partial charge in [-0.25, -0.2) is 8.78 Å². The number of benzene rings is 2. The Morgan fingerprint density at radius 2 is 1.65 bits per heavy atom. The molecule has 1 N–H and O–H groups in total. The van der Waals surface area contributed by atoms with Crippen molar-refractivity contribution in [2.75, 3.05) is 0 Å². The smallest absolute Gasteiger partial charge is 0.269 e. The van der Waals surface area contributed by atoms with E-state index in [1.807, 2.05) is 0 Å². The predicted octanol–water partition coefficient (Wildman–Crippen LogP) is 3.16. The Morgan fingerprint density at radius 1 is 1.00 bits per heavy atom. The molecule has 0 heterocycles. The summed E-state index contributed by atoms with van der Waals surface area (Å²) in [6.45, 7) is 0.650. The van der Waals surface area contributed by atoms with Gasteiger partial charge in [0.2, 0.25) is 0 Å². The molecule has 0 spiro atoms. The SMILES string of the molecule is O=[N+]([O-])c1cccc(CNCc2cc(F)cc(F)c2)c1. The average Bonchev–Trinajstić information content (AvgIpc) is 2.38. The van der Waals surface area contributed by atoms with E-state index in [1.165, 1.54) is 24.3 Å². The van der Waals surface area contributed by atoms with Crippen molar-refractivity contribution >= 4 is 5.69 Å². The quantitative estimate of drug-likeness (QED) is 0.675. The van der Waals surface area contributed by atoms with Gasteiger partial charge in [-0.05, 0) is 23.3 Å². The summed E-state index contributed by atoms with van der Waals surface area (Å²) in [6, 6.07) is 9.49. The zero-order chi connectivity index (χ0) is 14.5. The van der Waals surface area contributed by atoms with E-state index in [9.17, 15) is 18.9 Å². The molecule has 0 saturated heterocycles. The molecule has 0 atom stereocenters. The Morgan fingerprint density at radius 3 is 2.30 bits per heavy atom. The molecule has 0 aliphatic carbocycles. The molecule has 0 aromatic heterocycles. The van der Waals surface area contributed by atoms with Crippen LogP contribution in [0.5, 0.6) is 0 Å². The normalized spacial score (nSPS) is 10.5. The van der Waals surface area contributed by atoms with E-state index < -0.39 is 16.6 Å². The van der Waals surface area contributed by atoms with Crippen molar-refractivity contribution in [1.82, 2.24) is 5.32 Å². The van der Waals surface area contributed by atoms with Crippen molar-refractivity contribution in [2.24, 2.45) is 0 Å².